The molecule has 0 atom stereocenters. The van der Waals surface area contributed by atoms with Gasteiger partial charge in [-0.2, -0.15) is 0 Å². The van der Waals surface area contributed by atoms with Crippen molar-refractivity contribution in [1.29, 1.82) is 0 Å². The van der Waals surface area contributed by atoms with Gasteiger partial charge in [0.05, 0.1) is 21.2 Å². The Balaban J connectivity index is 0.00000320. The molecule has 0 saturated heterocycles. The number of rotatable bonds is 4. The van der Waals surface area contributed by atoms with Gasteiger partial charge in [0.25, 0.3) is 0 Å². The second kappa shape index (κ2) is 9.18. The van der Waals surface area contributed by atoms with Crippen LogP contribution >= 0.6 is 11.6 Å². The number of nitrogen functional groups attached to an aromatic ring is 1. The molecule has 152 valence electrons. The number of hydrogen-bond acceptors (Lipinski definition) is 9. The monoisotopic (exact) mass is 541 g/mol. The zero-order valence-electron chi connectivity index (χ0n) is 15.4. The van der Waals surface area contributed by atoms with Crippen molar-refractivity contribution in [2.45, 2.75) is 16.7 Å². The summed E-state index contributed by atoms with van der Waals surface area (Å²) < 4.78 is 69.2. The molecule has 0 aliphatic rings. The molecule has 0 aliphatic heterocycles. The third-order valence-corrected chi connectivity index (χ3v) is 6.22. The van der Waals surface area contributed by atoms with Gasteiger partial charge in [-0.1, -0.05) is 35.9 Å². The summed E-state index contributed by atoms with van der Waals surface area (Å²) in [6, 6.07) is 9.42. The van der Waals surface area contributed by atoms with Gasteiger partial charge in [0.1, 0.15) is 25.9 Å². The van der Waals surface area contributed by atoms with E-state index in [1.165, 1.54) is 13.0 Å². The largest absolute Gasteiger partial charge is 2.00 e. The van der Waals surface area contributed by atoms with Crippen LogP contribution in [-0.2, 0) is 20.2 Å². The van der Waals surface area contributed by atoms with E-state index in [4.69, 9.17) is 17.3 Å². The standard InChI is InChI=1S/C17H14ClN3O6S2.Sr/c1-9-6-15(28(22,23)24)14(7-12(9)18)21-20-13-8-16(29(25,26)27)17(19)11-5-3-2-4-10(11)13;/h2-8H,19H2,1H3,(H,22,23,24)(H,25,26,27);/q;+2/p-2. The van der Waals surface area contributed by atoms with E-state index in [2.05, 4.69) is 10.2 Å². The molecule has 0 aromatic heterocycles. The summed E-state index contributed by atoms with van der Waals surface area (Å²) >= 11 is 5.98. The van der Waals surface area contributed by atoms with Crippen molar-refractivity contribution >= 4 is 105 Å². The van der Waals surface area contributed by atoms with Crippen molar-refractivity contribution in [2.24, 2.45) is 10.2 Å². The number of azo groups is 1. The first kappa shape index (κ1) is 25.2. The van der Waals surface area contributed by atoms with Gasteiger partial charge in [-0.3, -0.25) is 0 Å². The van der Waals surface area contributed by atoms with Crippen LogP contribution in [0.4, 0.5) is 17.1 Å². The van der Waals surface area contributed by atoms with Gasteiger partial charge in [0.15, 0.2) is 0 Å². The minimum Gasteiger partial charge on any atom is -0.744 e. The molecular formula is C17H12ClN3O6S2Sr. The minimum absolute atomic E-state index is 0. The molecule has 0 saturated carbocycles. The number of fused-ring (bicyclic) bond motifs is 1. The third kappa shape index (κ3) is 5.21. The van der Waals surface area contributed by atoms with Gasteiger partial charge >= 0.3 is 45.5 Å². The second-order valence-electron chi connectivity index (χ2n) is 6.03. The summed E-state index contributed by atoms with van der Waals surface area (Å²) in [7, 11) is -9.80. The maximum Gasteiger partial charge on any atom is 2.00 e. The minimum atomic E-state index is -4.92. The van der Waals surface area contributed by atoms with Gasteiger partial charge in [0.2, 0.25) is 0 Å². The molecule has 0 amide bonds. The predicted molar refractivity (Wildman–Crippen MR) is 110 cm³/mol. The Morgan fingerprint density at radius 2 is 1.40 bits per heavy atom. The van der Waals surface area contributed by atoms with Crippen molar-refractivity contribution in [3.8, 4) is 0 Å². The second-order valence-corrected chi connectivity index (χ2v) is 9.13. The number of nitrogens with zero attached hydrogens (tertiary/aromatic N) is 2. The maximum atomic E-state index is 11.5. The Labute approximate surface area is 214 Å². The first-order chi connectivity index (χ1) is 13.4. The summed E-state index contributed by atoms with van der Waals surface area (Å²) in [6.45, 7) is 1.51. The summed E-state index contributed by atoms with van der Waals surface area (Å²) in [6.07, 6.45) is 0. The Kier molecular flexibility index (Phi) is 7.71. The Morgan fingerprint density at radius 3 is 1.97 bits per heavy atom. The molecule has 9 nitrogen and oxygen atoms in total. The van der Waals surface area contributed by atoms with E-state index in [0.29, 0.717) is 10.9 Å². The van der Waals surface area contributed by atoms with Gasteiger partial charge in [-0.05, 0) is 30.7 Å². The zero-order valence-corrected chi connectivity index (χ0v) is 21.2. The summed E-state index contributed by atoms with van der Waals surface area (Å²) in [5, 5.41) is 8.40. The van der Waals surface area contributed by atoms with Crippen LogP contribution in [-0.4, -0.2) is 71.4 Å². The topological polar surface area (TPSA) is 165 Å². The van der Waals surface area contributed by atoms with Crippen LogP contribution in [0.1, 0.15) is 5.56 Å². The fourth-order valence-electron chi connectivity index (χ4n) is 2.67. The van der Waals surface area contributed by atoms with E-state index < -0.39 is 30.0 Å². The number of aryl methyl sites for hydroxylation is 1. The molecule has 13 heteroatoms. The van der Waals surface area contributed by atoms with E-state index in [-0.39, 0.29) is 73.0 Å². The fraction of sp³-hybridized carbons (Fsp3) is 0.0588. The Bertz CT molecular complexity index is 1390. The van der Waals surface area contributed by atoms with Crippen LogP contribution < -0.4 is 5.73 Å². The molecule has 0 aliphatic carbocycles. The number of nitrogens with two attached hydrogens (primary N) is 1. The molecule has 3 rings (SSSR count). The van der Waals surface area contributed by atoms with E-state index in [0.717, 1.165) is 18.2 Å². The van der Waals surface area contributed by atoms with Crippen LogP contribution in [0.2, 0.25) is 5.02 Å². The van der Waals surface area contributed by atoms with Crippen molar-refractivity contribution in [3.63, 3.8) is 0 Å². The summed E-state index contributed by atoms with van der Waals surface area (Å²) in [4.78, 5) is -1.33. The van der Waals surface area contributed by atoms with E-state index in [1.807, 2.05) is 0 Å². The van der Waals surface area contributed by atoms with Crippen LogP contribution in [0.15, 0.2) is 62.5 Å². The molecule has 30 heavy (non-hydrogen) atoms. The van der Waals surface area contributed by atoms with Crippen LogP contribution in [0.5, 0.6) is 0 Å². The normalized spacial score (nSPS) is 12.3. The van der Waals surface area contributed by atoms with Crippen molar-refractivity contribution < 1.29 is 25.9 Å². The molecule has 2 N–H and O–H groups in total. The summed E-state index contributed by atoms with van der Waals surface area (Å²) in [5.74, 6) is 0. The molecule has 3 aromatic carbocycles. The van der Waals surface area contributed by atoms with Crippen molar-refractivity contribution in [2.75, 3.05) is 5.73 Å². The number of hydrogen-bond donors (Lipinski definition) is 1. The van der Waals surface area contributed by atoms with Gasteiger partial charge in [-0.15, -0.1) is 10.2 Å². The molecule has 0 fully saturated rings. The number of anilines is 1. The van der Waals surface area contributed by atoms with Crippen molar-refractivity contribution in [3.05, 3.63) is 53.1 Å². The van der Waals surface area contributed by atoms with Crippen molar-refractivity contribution in [1.82, 2.24) is 0 Å². The van der Waals surface area contributed by atoms with Gasteiger partial charge in [0, 0.05) is 15.8 Å². The predicted octanol–water partition coefficient (Wildman–Crippen LogP) is 3.23. The molecule has 0 radical (unpaired) electrons. The van der Waals surface area contributed by atoms with Crippen LogP contribution in [0, 0.1) is 6.92 Å². The molecular weight excluding hydrogens is 529 g/mol. The maximum absolute atomic E-state index is 11.5. The van der Waals surface area contributed by atoms with E-state index in [1.54, 1.807) is 18.2 Å². The fourth-order valence-corrected chi connectivity index (χ4v) is 4.14. The SMILES string of the molecule is Cc1cc(S(=O)(=O)[O-])c(N=Nc2cc(S(=O)(=O)[O-])c(N)c3ccccc23)cc1Cl.[Sr+2]. The molecule has 0 bridgehead atoms. The van der Waals surface area contributed by atoms with Crippen LogP contribution in [0.3, 0.4) is 0 Å². The summed E-state index contributed by atoms with van der Waals surface area (Å²) in [5.41, 5.74) is 5.52. The zero-order chi connectivity index (χ0) is 21.6. The molecule has 3 aromatic rings. The average Bonchev–Trinajstić information content (AvgIpc) is 2.62. The first-order valence-electron chi connectivity index (χ1n) is 7.84. The Morgan fingerprint density at radius 1 is 0.867 bits per heavy atom. The third-order valence-electron chi connectivity index (χ3n) is 4.07. The number of benzene rings is 3. The quantitative estimate of drug-likeness (QED) is 0.229. The van der Waals surface area contributed by atoms with Gasteiger partial charge < -0.3 is 14.8 Å². The molecule has 0 heterocycles. The first-order valence-corrected chi connectivity index (χ1v) is 11.0. The van der Waals surface area contributed by atoms with Gasteiger partial charge in [-0.25, -0.2) is 16.8 Å². The smallest absolute Gasteiger partial charge is 0.744 e. The van der Waals surface area contributed by atoms with E-state index in [9.17, 15) is 25.9 Å². The van der Waals surface area contributed by atoms with E-state index >= 15 is 0 Å². The Hall–Kier alpha value is -1.09. The number of halogens is 1. The average molecular weight is 542 g/mol. The van der Waals surface area contributed by atoms with Crippen LogP contribution in [0.25, 0.3) is 10.8 Å². The molecule has 0 spiro atoms. The molecule has 0 unspecified atom stereocenters.